The smallest absolute Gasteiger partial charge is 0.119 e. The van der Waals surface area contributed by atoms with Crippen LogP contribution in [0.1, 0.15) is 43.9 Å². The van der Waals surface area contributed by atoms with Gasteiger partial charge in [-0.1, -0.05) is 57.2 Å². The summed E-state index contributed by atoms with van der Waals surface area (Å²) in [5.41, 5.74) is 6.00. The molecule has 0 aliphatic rings. The van der Waals surface area contributed by atoms with Crippen LogP contribution in [-0.2, 0) is 0 Å². The fourth-order valence-corrected chi connectivity index (χ4v) is 4.14. The average Bonchev–Trinajstić information content (AvgIpc) is 2.90. The zero-order valence-corrected chi connectivity index (χ0v) is 21.1. The predicted molar refractivity (Wildman–Crippen MR) is 142 cm³/mol. The Morgan fingerprint density at radius 3 is 1.47 bits per heavy atom. The van der Waals surface area contributed by atoms with Crippen LogP contribution in [0.5, 0.6) is 17.2 Å². The van der Waals surface area contributed by atoms with Crippen LogP contribution in [0, 0.1) is 0 Å². The van der Waals surface area contributed by atoms with Gasteiger partial charge in [-0.15, -0.1) is 0 Å². The van der Waals surface area contributed by atoms with E-state index in [1.54, 1.807) is 14.2 Å². The minimum absolute atomic E-state index is 0.689. The maximum absolute atomic E-state index is 6.02. The Bertz CT molecular complexity index is 1030. The zero-order valence-electron chi connectivity index (χ0n) is 21.1. The second-order valence-corrected chi connectivity index (χ2v) is 8.06. The molecule has 0 spiro atoms. The maximum atomic E-state index is 6.02. The molecule has 180 valence electrons. The van der Waals surface area contributed by atoms with Crippen LogP contribution in [0.4, 0.5) is 0 Å². The van der Waals surface area contributed by atoms with Crippen LogP contribution < -0.4 is 14.2 Å². The number of rotatable bonds is 12. The lowest BCUT2D eigenvalue weighted by atomic mass is 9.88. The van der Waals surface area contributed by atoms with Gasteiger partial charge in [-0.05, 0) is 83.7 Å². The zero-order chi connectivity index (χ0) is 24.3. The van der Waals surface area contributed by atoms with Crippen LogP contribution in [0.25, 0.3) is 11.1 Å². The first-order valence-corrected chi connectivity index (χ1v) is 12.1. The van der Waals surface area contributed by atoms with Crippen molar-refractivity contribution in [2.24, 2.45) is 0 Å². The van der Waals surface area contributed by atoms with Crippen molar-refractivity contribution in [2.75, 3.05) is 40.5 Å². The van der Waals surface area contributed by atoms with Gasteiger partial charge >= 0.3 is 0 Å². The van der Waals surface area contributed by atoms with E-state index in [9.17, 15) is 0 Å². The molecule has 0 aromatic heterocycles. The molecule has 0 N–H and O–H groups in total. The number of ether oxygens (including phenoxy) is 3. The van der Waals surface area contributed by atoms with Crippen LogP contribution in [0.15, 0.2) is 72.8 Å². The molecule has 0 heterocycles. The van der Waals surface area contributed by atoms with Crippen LogP contribution in [-0.4, -0.2) is 45.4 Å². The molecule has 0 aliphatic heterocycles. The monoisotopic (exact) mass is 459 g/mol. The minimum Gasteiger partial charge on any atom is -0.497 e. The Kier molecular flexibility index (Phi) is 9.60. The van der Waals surface area contributed by atoms with E-state index in [0.29, 0.717) is 6.61 Å². The molecule has 3 aromatic rings. The third-order valence-electron chi connectivity index (χ3n) is 6.19. The standard InChI is InChI=1S/C30H37NO3/c1-6-29(23-9-15-26(32-4)16-10-23)30(24-11-17-27(33-5)18-12-24)25-13-19-28(20-14-25)34-22-21-31(7-2)8-3/h9-20H,6-8,21-22H2,1-5H3. The SMILES string of the molecule is CCC(=C(c1ccc(OC)cc1)c1ccc(OCCN(CC)CC)cc1)c1ccc(OC)cc1. The van der Waals surface area contributed by atoms with E-state index in [0.717, 1.165) is 54.4 Å². The van der Waals surface area contributed by atoms with Crippen LogP contribution in [0.2, 0.25) is 0 Å². The first-order chi connectivity index (χ1) is 16.6. The molecule has 4 nitrogen and oxygen atoms in total. The molecule has 0 bridgehead atoms. The molecular weight excluding hydrogens is 422 g/mol. The molecular formula is C30H37NO3. The number of benzene rings is 3. The second kappa shape index (κ2) is 12.9. The Morgan fingerprint density at radius 2 is 1.06 bits per heavy atom. The molecule has 0 saturated carbocycles. The van der Waals surface area contributed by atoms with E-state index in [-0.39, 0.29) is 0 Å². The lowest BCUT2D eigenvalue weighted by Gasteiger charge is -2.19. The molecule has 0 aliphatic carbocycles. The van der Waals surface area contributed by atoms with Crippen molar-refractivity contribution in [3.63, 3.8) is 0 Å². The molecule has 3 rings (SSSR count). The Labute approximate surface area is 204 Å². The second-order valence-electron chi connectivity index (χ2n) is 8.06. The van der Waals surface area contributed by atoms with Gasteiger partial charge in [0.2, 0.25) is 0 Å². The fraction of sp³-hybridized carbons (Fsp3) is 0.333. The third kappa shape index (κ3) is 6.42. The van der Waals surface area contributed by atoms with E-state index < -0.39 is 0 Å². The van der Waals surface area contributed by atoms with Gasteiger partial charge < -0.3 is 19.1 Å². The van der Waals surface area contributed by atoms with E-state index >= 15 is 0 Å². The van der Waals surface area contributed by atoms with Gasteiger partial charge in [0.1, 0.15) is 23.9 Å². The molecule has 3 aromatic carbocycles. The maximum Gasteiger partial charge on any atom is 0.119 e. The molecule has 0 radical (unpaired) electrons. The molecule has 0 fully saturated rings. The van der Waals surface area contributed by atoms with Crippen LogP contribution >= 0.6 is 0 Å². The van der Waals surface area contributed by atoms with E-state index in [1.807, 2.05) is 24.3 Å². The van der Waals surface area contributed by atoms with Gasteiger partial charge in [-0.3, -0.25) is 0 Å². The molecule has 4 heteroatoms. The van der Waals surface area contributed by atoms with Crippen molar-refractivity contribution in [2.45, 2.75) is 27.2 Å². The van der Waals surface area contributed by atoms with Gasteiger partial charge in [0.15, 0.2) is 0 Å². The Balaban J connectivity index is 1.97. The highest BCUT2D eigenvalue weighted by Crippen LogP contribution is 2.36. The summed E-state index contributed by atoms with van der Waals surface area (Å²) in [6.45, 7) is 10.3. The van der Waals surface area contributed by atoms with Gasteiger partial charge in [0.25, 0.3) is 0 Å². The lowest BCUT2D eigenvalue weighted by molar-refractivity contribution is 0.223. The molecule has 0 amide bonds. The highest BCUT2D eigenvalue weighted by Gasteiger charge is 2.14. The van der Waals surface area contributed by atoms with Crippen LogP contribution in [0.3, 0.4) is 0 Å². The summed E-state index contributed by atoms with van der Waals surface area (Å²) in [5, 5.41) is 0. The van der Waals surface area contributed by atoms with Crippen molar-refractivity contribution in [1.82, 2.24) is 4.90 Å². The van der Waals surface area contributed by atoms with Crippen molar-refractivity contribution in [1.29, 1.82) is 0 Å². The topological polar surface area (TPSA) is 30.9 Å². The summed E-state index contributed by atoms with van der Waals surface area (Å²) >= 11 is 0. The van der Waals surface area contributed by atoms with Crippen molar-refractivity contribution < 1.29 is 14.2 Å². The van der Waals surface area contributed by atoms with E-state index in [1.165, 1.54) is 16.7 Å². The van der Waals surface area contributed by atoms with E-state index in [2.05, 4.69) is 74.2 Å². The molecule has 34 heavy (non-hydrogen) atoms. The summed E-state index contributed by atoms with van der Waals surface area (Å²) in [7, 11) is 3.39. The van der Waals surface area contributed by atoms with Gasteiger partial charge in [-0.25, -0.2) is 0 Å². The first-order valence-electron chi connectivity index (χ1n) is 12.1. The summed E-state index contributed by atoms with van der Waals surface area (Å²) in [6, 6.07) is 25.0. The summed E-state index contributed by atoms with van der Waals surface area (Å²) in [4.78, 5) is 2.36. The summed E-state index contributed by atoms with van der Waals surface area (Å²) < 4.78 is 16.8. The van der Waals surface area contributed by atoms with Crippen molar-refractivity contribution in [3.05, 3.63) is 89.5 Å². The van der Waals surface area contributed by atoms with Crippen molar-refractivity contribution >= 4 is 11.1 Å². The molecule has 0 unspecified atom stereocenters. The quantitative estimate of drug-likeness (QED) is 0.279. The summed E-state index contributed by atoms with van der Waals surface area (Å²) in [6.07, 6.45) is 0.899. The number of allylic oxidation sites excluding steroid dienone is 1. The Hall–Kier alpha value is -3.24. The van der Waals surface area contributed by atoms with Gasteiger partial charge in [0, 0.05) is 6.54 Å². The number of nitrogens with zero attached hydrogens (tertiary/aromatic N) is 1. The number of hydrogen-bond acceptors (Lipinski definition) is 4. The van der Waals surface area contributed by atoms with Gasteiger partial charge in [0.05, 0.1) is 14.2 Å². The Morgan fingerprint density at radius 1 is 0.618 bits per heavy atom. The van der Waals surface area contributed by atoms with E-state index in [4.69, 9.17) is 14.2 Å². The predicted octanol–water partition coefficient (Wildman–Crippen LogP) is 6.79. The number of hydrogen-bond donors (Lipinski definition) is 0. The van der Waals surface area contributed by atoms with Gasteiger partial charge in [-0.2, -0.15) is 0 Å². The largest absolute Gasteiger partial charge is 0.497 e. The first kappa shape index (κ1) is 25.4. The third-order valence-corrected chi connectivity index (χ3v) is 6.19. The number of likely N-dealkylation sites (N-methyl/N-ethyl adjacent to an activating group) is 1. The number of methoxy groups -OCH3 is 2. The minimum atomic E-state index is 0.689. The highest BCUT2D eigenvalue weighted by molar-refractivity contribution is 5.98. The molecule has 0 saturated heterocycles. The average molecular weight is 460 g/mol. The van der Waals surface area contributed by atoms with Crippen molar-refractivity contribution in [3.8, 4) is 17.2 Å². The normalized spacial score (nSPS) is 11.8. The summed E-state index contributed by atoms with van der Waals surface area (Å²) in [5.74, 6) is 2.60. The lowest BCUT2D eigenvalue weighted by Crippen LogP contribution is -2.27. The highest BCUT2D eigenvalue weighted by atomic mass is 16.5. The molecule has 0 atom stereocenters. The fourth-order valence-electron chi connectivity index (χ4n) is 4.14.